The Bertz CT molecular complexity index is 205. The summed E-state index contributed by atoms with van der Waals surface area (Å²) in [5.74, 6) is -0.0425. The van der Waals surface area contributed by atoms with Crippen molar-refractivity contribution in [1.82, 2.24) is 5.32 Å². The Morgan fingerprint density at radius 3 is 2.79 bits per heavy atom. The maximum atomic E-state index is 11.8. The largest absolute Gasteiger partial charge is 0.469 e. The molecule has 0 aromatic heterocycles. The molecule has 0 aromatic rings. The lowest BCUT2D eigenvalue weighted by atomic mass is 9.68. The van der Waals surface area contributed by atoms with Crippen LogP contribution in [-0.2, 0) is 9.53 Å². The fourth-order valence-corrected chi connectivity index (χ4v) is 2.68. The van der Waals surface area contributed by atoms with Crippen LogP contribution in [0, 0.1) is 5.41 Å². The first-order valence-electron chi connectivity index (χ1n) is 5.47. The van der Waals surface area contributed by atoms with Crippen LogP contribution < -0.4 is 5.32 Å². The monoisotopic (exact) mass is 199 g/mol. The summed E-state index contributed by atoms with van der Waals surface area (Å²) in [6, 6.07) is 0.286. The summed E-state index contributed by atoms with van der Waals surface area (Å²) in [6.07, 6.45) is 5.26. The zero-order chi connectivity index (χ0) is 10.6. The lowest BCUT2D eigenvalue weighted by Gasteiger charge is -2.41. The van der Waals surface area contributed by atoms with Crippen molar-refractivity contribution in [3.8, 4) is 0 Å². The normalized spacial score (nSPS) is 32.6. The molecule has 2 atom stereocenters. The van der Waals surface area contributed by atoms with Crippen molar-refractivity contribution >= 4 is 5.97 Å². The maximum Gasteiger partial charge on any atom is 0.313 e. The SMILES string of the molecule is CCC1(C(=O)OC)CCCCC1NC. The molecule has 3 heteroatoms. The van der Waals surface area contributed by atoms with Crippen molar-refractivity contribution in [2.24, 2.45) is 5.41 Å². The van der Waals surface area contributed by atoms with E-state index in [1.807, 2.05) is 7.05 Å². The summed E-state index contributed by atoms with van der Waals surface area (Å²) in [6.45, 7) is 2.08. The predicted molar refractivity (Wildman–Crippen MR) is 56.1 cm³/mol. The van der Waals surface area contributed by atoms with Gasteiger partial charge in [-0.1, -0.05) is 19.8 Å². The molecule has 0 radical (unpaired) electrons. The van der Waals surface area contributed by atoms with Gasteiger partial charge in [-0.2, -0.15) is 0 Å². The molecule has 1 aliphatic rings. The van der Waals surface area contributed by atoms with E-state index in [1.165, 1.54) is 13.5 Å². The van der Waals surface area contributed by atoms with Crippen molar-refractivity contribution in [3.05, 3.63) is 0 Å². The van der Waals surface area contributed by atoms with Crippen molar-refractivity contribution in [2.45, 2.75) is 45.1 Å². The molecule has 1 rings (SSSR count). The molecule has 0 spiro atoms. The fourth-order valence-electron chi connectivity index (χ4n) is 2.68. The quantitative estimate of drug-likeness (QED) is 0.703. The van der Waals surface area contributed by atoms with E-state index in [-0.39, 0.29) is 17.4 Å². The van der Waals surface area contributed by atoms with Crippen LogP contribution in [0.25, 0.3) is 0 Å². The van der Waals surface area contributed by atoms with Crippen molar-refractivity contribution in [1.29, 1.82) is 0 Å². The van der Waals surface area contributed by atoms with Gasteiger partial charge in [0.25, 0.3) is 0 Å². The minimum Gasteiger partial charge on any atom is -0.469 e. The first-order chi connectivity index (χ1) is 6.71. The number of methoxy groups -OCH3 is 1. The molecule has 0 amide bonds. The molecule has 3 nitrogen and oxygen atoms in total. The van der Waals surface area contributed by atoms with Gasteiger partial charge in [-0.3, -0.25) is 4.79 Å². The van der Waals surface area contributed by atoms with Gasteiger partial charge in [0.15, 0.2) is 0 Å². The van der Waals surface area contributed by atoms with Crippen LogP contribution in [0.4, 0.5) is 0 Å². The van der Waals surface area contributed by atoms with E-state index in [2.05, 4.69) is 12.2 Å². The van der Waals surface area contributed by atoms with E-state index in [0.717, 1.165) is 25.7 Å². The van der Waals surface area contributed by atoms with Crippen LogP contribution in [0.15, 0.2) is 0 Å². The second-order valence-corrected chi connectivity index (χ2v) is 4.09. The standard InChI is InChI=1S/C11H21NO2/c1-4-11(10(13)14-3)8-6-5-7-9(11)12-2/h9,12H,4-8H2,1-3H3. The zero-order valence-corrected chi connectivity index (χ0v) is 9.43. The average molecular weight is 199 g/mol. The molecule has 82 valence electrons. The summed E-state index contributed by atoms with van der Waals surface area (Å²) in [4.78, 5) is 11.8. The Morgan fingerprint density at radius 1 is 1.57 bits per heavy atom. The van der Waals surface area contributed by atoms with E-state index >= 15 is 0 Å². The molecule has 0 aliphatic heterocycles. The van der Waals surface area contributed by atoms with Crippen LogP contribution in [0.5, 0.6) is 0 Å². The molecule has 0 aromatic carbocycles. The molecule has 2 unspecified atom stereocenters. The highest BCUT2D eigenvalue weighted by molar-refractivity contribution is 5.77. The topological polar surface area (TPSA) is 38.3 Å². The third-order valence-electron chi connectivity index (χ3n) is 3.60. The van der Waals surface area contributed by atoms with Crippen LogP contribution in [0.2, 0.25) is 0 Å². The summed E-state index contributed by atoms with van der Waals surface area (Å²) in [5, 5.41) is 3.26. The molecular formula is C11H21NO2. The lowest BCUT2D eigenvalue weighted by Crippen LogP contribution is -2.51. The zero-order valence-electron chi connectivity index (χ0n) is 9.43. The third-order valence-corrected chi connectivity index (χ3v) is 3.60. The Hall–Kier alpha value is -0.570. The molecule has 1 fully saturated rings. The molecule has 1 N–H and O–H groups in total. The van der Waals surface area contributed by atoms with Gasteiger partial charge >= 0.3 is 5.97 Å². The number of rotatable bonds is 3. The van der Waals surface area contributed by atoms with Gasteiger partial charge in [0.05, 0.1) is 12.5 Å². The van der Waals surface area contributed by atoms with Crippen LogP contribution in [0.1, 0.15) is 39.0 Å². The maximum absolute atomic E-state index is 11.8. The third kappa shape index (κ3) is 1.78. The van der Waals surface area contributed by atoms with Gasteiger partial charge in [0, 0.05) is 6.04 Å². The molecule has 1 aliphatic carbocycles. The predicted octanol–water partition coefficient (Wildman–Crippen LogP) is 1.72. The van der Waals surface area contributed by atoms with Crippen LogP contribution in [0.3, 0.4) is 0 Å². The first-order valence-corrected chi connectivity index (χ1v) is 5.47. The Labute approximate surface area is 86.2 Å². The van der Waals surface area contributed by atoms with Crippen molar-refractivity contribution in [2.75, 3.05) is 14.2 Å². The van der Waals surface area contributed by atoms with Crippen LogP contribution >= 0.6 is 0 Å². The van der Waals surface area contributed by atoms with E-state index in [1.54, 1.807) is 0 Å². The minimum atomic E-state index is -0.276. The summed E-state index contributed by atoms with van der Waals surface area (Å²) >= 11 is 0. The summed E-state index contributed by atoms with van der Waals surface area (Å²) < 4.78 is 4.94. The molecule has 1 saturated carbocycles. The Balaban J connectivity index is 2.86. The number of nitrogens with one attached hydrogen (secondary N) is 1. The van der Waals surface area contributed by atoms with Crippen molar-refractivity contribution in [3.63, 3.8) is 0 Å². The average Bonchev–Trinajstić information content (AvgIpc) is 2.27. The van der Waals surface area contributed by atoms with E-state index < -0.39 is 0 Å². The molecule has 0 bridgehead atoms. The number of ether oxygens (including phenoxy) is 1. The van der Waals surface area contributed by atoms with E-state index in [0.29, 0.717) is 0 Å². The summed E-state index contributed by atoms with van der Waals surface area (Å²) in [7, 11) is 3.42. The fraction of sp³-hybridized carbons (Fsp3) is 0.909. The number of esters is 1. The minimum absolute atomic E-state index is 0.0425. The highest BCUT2D eigenvalue weighted by Gasteiger charge is 2.45. The van der Waals surface area contributed by atoms with Crippen LogP contribution in [-0.4, -0.2) is 26.2 Å². The lowest BCUT2D eigenvalue weighted by molar-refractivity contribution is -0.157. The van der Waals surface area contributed by atoms with Gasteiger partial charge in [-0.25, -0.2) is 0 Å². The van der Waals surface area contributed by atoms with Crippen molar-refractivity contribution < 1.29 is 9.53 Å². The van der Waals surface area contributed by atoms with Gasteiger partial charge < -0.3 is 10.1 Å². The molecule has 14 heavy (non-hydrogen) atoms. The number of hydrogen-bond acceptors (Lipinski definition) is 3. The smallest absolute Gasteiger partial charge is 0.313 e. The number of carbonyl (C=O) groups excluding carboxylic acids is 1. The highest BCUT2D eigenvalue weighted by Crippen LogP contribution is 2.40. The molecule has 0 heterocycles. The second kappa shape index (κ2) is 4.78. The highest BCUT2D eigenvalue weighted by atomic mass is 16.5. The second-order valence-electron chi connectivity index (χ2n) is 4.09. The number of hydrogen-bond donors (Lipinski definition) is 1. The molecular weight excluding hydrogens is 178 g/mol. The first kappa shape index (κ1) is 11.5. The molecule has 0 saturated heterocycles. The van der Waals surface area contributed by atoms with E-state index in [9.17, 15) is 4.79 Å². The van der Waals surface area contributed by atoms with Gasteiger partial charge in [-0.15, -0.1) is 0 Å². The Kier molecular flexibility index (Phi) is 3.93. The van der Waals surface area contributed by atoms with Gasteiger partial charge in [0.2, 0.25) is 0 Å². The Morgan fingerprint density at radius 2 is 2.29 bits per heavy atom. The van der Waals surface area contributed by atoms with Gasteiger partial charge in [0.1, 0.15) is 0 Å². The van der Waals surface area contributed by atoms with E-state index in [4.69, 9.17) is 4.74 Å². The summed E-state index contributed by atoms with van der Waals surface area (Å²) in [5.41, 5.74) is -0.276. The number of carbonyl (C=O) groups is 1. The van der Waals surface area contributed by atoms with Gasteiger partial charge in [-0.05, 0) is 26.3 Å².